The van der Waals surface area contributed by atoms with Gasteiger partial charge in [0, 0.05) is 16.6 Å². The maximum absolute atomic E-state index is 5.68. The maximum Gasteiger partial charge on any atom is 0.129 e. The molecule has 0 spiro atoms. The van der Waals surface area contributed by atoms with Crippen molar-refractivity contribution in [2.45, 2.75) is 0 Å². The first-order chi connectivity index (χ1) is 6.25. The lowest BCUT2D eigenvalue weighted by atomic mass is 10.2. The molecule has 0 atom stereocenters. The number of aromatic nitrogens is 1. The van der Waals surface area contributed by atoms with Crippen LogP contribution in [0.5, 0.6) is 0 Å². The molecule has 0 aliphatic heterocycles. The molecule has 2 heterocycles. The van der Waals surface area contributed by atoms with Gasteiger partial charge in [-0.3, -0.25) is 0 Å². The average molecular weight is 246 g/mol. The predicted molar refractivity (Wildman–Crippen MR) is 61.3 cm³/mol. The highest BCUT2D eigenvalue weighted by Crippen LogP contribution is 2.28. The third kappa shape index (κ3) is 2.14. The number of halogens is 1. The fraction of sp³-hybridized carbons (Fsp3) is 0. The number of pyridine rings is 1. The van der Waals surface area contributed by atoms with Crippen LogP contribution in [0.2, 0.25) is 5.15 Å². The first-order valence-corrected chi connectivity index (χ1v) is 6.41. The van der Waals surface area contributed by atoms with Crippen molar-refractivity contribution in [3.8, 4) is 10.4 Å². The highest BCUT2D eigenvalue weighted by Gasteiger charge is 2.00. The summed E-state index contributed by atoms with van der Waals surface area (Å²) in [7, 11) is 3.26. The summed E-state index contributed by atoms with van der Waals surface area (Å²) in [4.78, 5) is 5.16. The Morgan fingerprint density at radius 1 is 1.31 bits per heavy atom. The lowest BCUT2D eigenvalue weighted by Gasteiger charge is -1.94. The van der Waals surface area contributed by atoms with Crippen LogP contribution in [0.15, 0.2) is 24.4 Å². The van der Waals surface area contributed by atoms with Gasteiger partial charge >= 0.3 is 0 Å². The van der Waals surface area contributed by atoms with E-state index in [-0.39, 0.29) is 0 Å². The van der Waals surface area contributed by atoms with Crippen LogP contribution in [0.1, 0.15) is 0 Å². The van der Waals surface area contributed by atoms with Crippen molar-refractivity contribution in [3.63, 3.8) is 0 Å². The zero-order valence-electron chi connectivity index (χ0n) is 6.36. The molecule has 13 heavy (non-hydrogen) atoms. The Kier molecular flexibility index (Phi) is 2.74. The minimum absolute atomic E-state index is 0.516. The highest BCUT2D eigenvalue weighted by atomic mass is 35.5. The second-order valence-corrected chi connectivity index (χ2v) is 5.66. The fourth-order valence-corrected chi connectivity index (χ4v) is 3.39. The van der Waals surface area contributed by atoms with Gasteiger partial charge in [0.15, 0.2) is 0 Å². The molecule has 66 valence electrons. The monoisotopic (exact) mass is 245 g/mol. The van der Waals surface area contributed by atoms with Crippen LogP contribution in [-0.4, -0.2) is 4.98 Å². The second-order valence-electron chi connectivity index (χ2n) is 2.36. The molecular weight excluding hydrogens is 242 g/mol. The van der Waals surface area contributed by atoms with E-state index >= 15 is 0 Å². The smallest absolute Gasteiger partial charge is 0.129 e. The standard InChI is InChI=1S/C8H4ClNS3/c9-7-2-1-5(4-10-7)6-3-8(11)13-12-6/h1-4H. The quantitative estimate of drug-likeness (QED) is 0.423. The summed E-state index contributed by atoms with van der Waals surface area (Å²) in [5, 5.41) is 0.516. The van der Waals surface area contributed by atoms with E-state index in [0.29, 0.717) is 5.15 Å². The topological polar surface area (TPSA) is 12.9 Å². The number of nitrogens with zero attached hydrogens (tertiary/aromatic N) is 1. The van der Waals surface area contributed by atoms with E-state index in [9.17, 15) is 0 Å². The second kappa shape index (κ2) is 3.84. The molecular formula is C8H4ClNS3. The summed E-state index contributed by atoms with van der Waals surface area (Å²) < 4.78 is 0.912. The molecule has 0 radical (unpaired) electrons. The summed E-state index contributed by atoms with van der Waals surface area (Å²) in [6, 6.07) is 5.71. The first-order valence-electron chi connectivity index (χ1n) is 3.48. The molecule has 2 aromatic rings. The van der Waals surface area contributed by atoms with E-state index < -0.39 is 0 Å². The van der Waals surface area contributed by atoms with Crippen molar-refractivity contribution in [1.82, 2.24) is 4.98 Å². The average Bonchev–Trinajstić information content (AvgIpc) is 2.53. The normalized spacial score (nSPS) is 10.2. The molecule has 1 nitrogen and oxygen atoms in total. The molecule has 0 fully saturated rings. The highest BCUT2D eigenvalue weighted by molar-refractivity contribution is 7.80. The van der Waals surface area contributed by atoms with Gasteiger partial charge < -0.3 is 0 Å². The van der Waals surface area contributed by atoms with E-state index in [1.165, 1.54) is 0 Å². The molecule has 2 aromatic heterocycles. The third-order valence-electron chi connectivity index (χ3n) is 1.47. The molecule has 0 amide bonds. The van der Waals surface area contributed by atoms with Gasteiger partial charge in [-0.1, -0.05) is 44.5 Å². The van der Waals surface area contributed by atoms with Crippen LogP contribution in [0.3, 0.4) is 0 Å². The van der Waals surface area contributed by atoms with E-state index in [1.807, 2.05) is 12.1 Å². The van der Waals surface area contributed by atoms with Gasteiger partial charge in [-0.05, 0) is 18.2 Å². The van der Waals surface area contributed by atoms with Gasteiger partial charge in [-0.2, -0.15) is 0 Å². The molecule has 0 N–H and O–H groups in total. The van der Waals surface area contributed by atoms with Crippen molar-refractivity contribution >= 4 is 44.5 Å². The Labute approximate surface area is 93.0 Å². The van der Waals surface area contributed by atoms with Crippen LogP contribution in [0, 0.1) is 3.82 Å². The molecule has 0 unspecified atom stereocenters. The van der Waals surface area contributed by atoms with Crippen LogP contribution in [-0.2, 0) is 0 Å². The van der Waals surface area contributed by atoms with Gasteiger partial charge in [-0.15, -0.1) is 0 Å². The number of rotatable bonds is 1. The Balaban J connectivity index is 2.47. The minimum Gasteiger partial charge on any atom is -0.244 e. The molecule has 0 saturated carbocycles. The lowest BCUT2D eigenvalue weighted by molar-refractivity contribution is 1.33. The zero-order chi connectivity index (χ0) is 9.26. The van der Waals surface area contributed by atoms with Gasteiger partial charge in [0.1, 0.15) is 8.98 Å². The minimum atomic E-state index is 0.516. The van der Waals surface area contributed by atoms with Gasteiger partial charge in [-0.25, -0.2) is 4.98 Å². The van der Waals surface area contributed by atoms with Gasteiger partial charge in [0.25, 0.3) is 0 Å². The summed E-state index contributed by atoms with van der Waals surface area (Å²) in [6.07, 6.45) is 1.76. The van der Waals surface area contributed by atoms with Gasteiger partial charge in [0.05, 0.1) is 0 Å². The maximum atomic E-state index is 5.68. The van der Waals surface area contributed by atoms with E-state index in [1.54, 1.807) is 32.9 Å². The van der Waals surface area contributed by atoms with Crippen molar-refractivity contribution in [1.29, 1.82) is 0 Å². The lowest BCUT2D eigenvalue weighted by Crippen LogP contribution is -1.75. The van der Waals surface area contributed by atoms with Crippen LogP contribution >= 0.6 is 44.5 Å². The van der Waals surface area contributed by atoms with Gasteiger partial charge in [0.2, 0.25) is 0 Å². The molecule has 2 rings (SSSR count). The summed E-state index contributed by atoms with van der Waals surface area (Å²) >= 11 is 10.7. The Bertz CT molecular complexity index is 457. The van der Waals surface area contributed by atoms with E-state index in [4.69, 9.17) is 23.8 Å². The van der Waals surface area contributed by atoms with Crippen LogP contribution < -0.4 is 0 Å². The molecule has 0 saturated heterocycles. The zero-order valence-corrected chi connectivity index (χ0v) is 9.56. The molecule has 0 aliphatic carbocycles. The number of hydrogen-bond acceptors (Lipinski definition) is 4. The summed E-state index contributed by atoms with van der Waals surface area (Å²) in [5.41, 5.74) is 1.07. The summed E-state index contributed by atoms with van der Waals surface area (Å²) in [6.45, 7) is 0. The molecule has 5 heteroatoms. The summed E-state index contributed by atoms with van der Waals surface area (Å²) in [5.74, 6) is 0. The first kappa shape index (κ1) is 9.27. The van der Waals surface area contributed by atoms with Crippen molar-refractivity contribution in [3.05, 3.63) is 33.4 Å². The van der Waals surface area contributed by atoms with Crippen molar-refractivity contribution < 1.29 is 0 Å². The molecule has 0 bridgehead atoms. The Morgan fingerprint density at radius 2 is 2.15 bits per heavy atom. The van der Waals surface area contributed by atoms with Crippen molar-refractivity contribution in [2.24, 2.45) is 0 Å². The molecule has 0 aliphatic rings. The largest absolute Gasteiger partial charge is 0.244 e. The van der Waals surface area contributed by atoms with E-state index in [0.717, 1.165) is 14.3 Å². The van der Waals surface area contributed by atoms with Crippen molar-refractivity contribution in [2.75, 3.05) is 0 Å². The molecule has 0 aromatic carbocycles. The Morgan fingerprint density at radius 3 is 2.69 bits per heavy atom. The third-order valence-corrected chi connectivity index (χ3v) is 4.61. The SMILES string of the molecule is S=c1cc(-c2ccc(Cl)nc2)ss1. The fourth-order valence-electron chi connectivity index (χ4n) is 0.894. The van der Waals surface area contributed by atoms with E-state index in [2.05, 4.69) is 4.98 Å². The van der Waals surface area contributed by atoms with Crippen LogP contribution in [0.25, 0.3) is 10.4 Å². The Hall–Kier alpha value is -0.290. The van der Waals surface area contributed by atoms with Crippen LogP contribution in [0.4, 0.5) is 0 Å². The predicted octanol–water partition coefficient (Wildman–Crippen LogP) is 4.25. The number of hydrogen-bond donors (Lipinski definition) is 0.